The molecule has 1 aliphatic rings. The van der Waals surface area contributed by atoms with E-state index in [-0.39, 0.29) is 17.2 Å². The Bertz CT molecular complexity index is 1670. The first kappa shape index (κ1) is 25.2. The Morgan fingerprint density at radius 2 is 1.92 bits per heavy atom. The topological polar surface area (TPSA) is 122 Å². The Hall–Kier alpha value is -4.11. The summed E-state index contributed by atoms with van der Waals surface area (Å²) in [6.07, 6.45) is 3.94. The van der Waals surface area contributed by atoms with E-state index >= 15 is 0 Å². The molecule has 9 nitrogen and oxygen atoms in total. The molecule has 0 unspecified atom stereocenters. The number of aromatic nitrogens is 5. The number of nitrogens with one attached hydrogen (secondary N) is 3. The summed E-state index contributed by atoms with van der Waals surface area (Å²) in [6, 6.07) is 12.9. The predicted molar refractivity (Wildman–Crippen MR) is 151 cm³/mol. The lowest BCUT2D eigenvalue weighted by Gasteiger charge is -2.22. The van der Waals surface area contributed by atoms with Crippen molar-refractivity contribution in [1.29, 1.82) is 0 Å². The SMILES string of the molecule is Cc1cc(-c2ncnc3[nH]c4cc(C5CCNCC5)ccc4c23)ccc1CNC(=O)c1nc(C(C)(C)C)no1. The van der Waals surface area contributed by atoms with Crippen LogP contribution in [0.3, 0.4) is 0 Å². The number of carbonyl (C=O) groups excluding carboxylic acids is 1. The number of H-pyrrole nitrogens is 1. The van der Waals surface area contributed by atoms with E-state index in [1.807, 2.05) is 39.8 Å². The van der Waals surface area contributed by atoms with Crippen LogP contribution in [0.1, 0.15) is 72.7 Å². The number of aromatic amines is 1. The van der Waals surface area contributed by atoms with Crippen molar-refractivity contribution in [3.05, 3.63) is 71.1 Å². The second kappa shape index (κ2) is 9.89. The van der Waals surface area contributed by atoms with Crippen LogP contribution in [0, 0.1) is 6.92 Å². The van der Waals surface area contributed by atoms with Gasteiger partial charge < -0.3 is 20.1 Å². The van der Waals surface area contributed by atoms with E-state index in [1.54, 1.807) is 6.33 Å². The van der Waals surface area contributed by atoms with Crippen molar-refractivity contribution >= 4 is 27.8 Å². The Morgan fingerprint density at radius 3 is 2.67 bits per heavy atom. The molecule has 0 bridgehead atoms. The molecule has 200 valence electrons. The van der Waals surface area contributed by atoms with Crippen molar-refractivity contribution < 1.29 is 9.32 Å². The summed E-state index contributed by atoms with van der Waals surface area (Å²) < 4.78 is 5.17. The van der Waals surface area contributed by atoms with Crippen molar-refractivity contribution in [1.82, 2.24) is 35.7 Å². The molecular weight excluding hydrogens is 490 g/mol. The molecule has 0 saturated carbocycles. The highest BCUT2D eigenvalue weighted by Crippen LogP contribution is 2.35. The molecule has 5 aromatic rings. The van der Waals surface area contributed by atoms with E-state index in [2.05, 4.69) is 60.0 Å². The van der Waals surface area contributed by atoms with Crippen LogP contribution in [0.2, 0.25) is 0 Å². The number of nitrogens with zero attached hydrogens (tertiary/aromatic N) is 4. The third kappa shape index (κ3) is 4.90. The highest BCUT2D eigenvalue weighted by molar-refractivity contribution is 6.12. The molecule has 1 aliphatic heterocycles. The van der Waals surface area contributed by atoms with E-state index in [9.17, 15) is 4.79 Å². The van der Waals surface area contributed by atoms with Crippen LogP contribution in [0.25, 0.3) is 33.2 Å². The quantitative estimate of drug-likeness (QED) is 0.291. The highest BCUT2D eigenvalue weighted by atomic mass is 16.5. The maximum Gasteiger partial charge on any atom is 0.315 e. The number of piperidine rings is 1. The minimum atomic E-state index is -0.387. The van der Waals surface area contributed by atoms with E-state index in [1.165, 1.54) is 5.56 Å². The van der Waals surface area contributed by atoms with Crippen molar-refractivity contribution in [2.45, 2.75) is 58.4 Å². The van der Waals surface area contributed by atoms with Gasteiger partial charge in [0.2, 0.25) is 0 Å². The van der Waals surface area contributed by atoms with Crippen LogP contribution in [-0.4, -0.2) is 44.1 Å². The molecule has 6 rings (SSSR count). The van der Waals surface area contributed by atoms with Gasteiger partial charge in [0.25, 0.3) is 0 Å². The third-order valence-electron chi connectivity index (χ3n) is 7.57. The number of hydrogen-bond donors (Lipinski definition) is 3. The van der Waals surface area contributed by atoms with E-state index in [4.69, 9.17) is 4.52 Å². The van der Waals surface area contributed by atoms with E-state index in [0.29, 0.717) is 18.3 Å². The normalized spacial score (nSPS) is 14.8. The lowest BCUT2D eigenvalue weighted by molar-refractivity contribution is 0.0907. The Kier molecular flexibility index (Phi) is 6.38. The Morgan fingerprint density at radius 1 is 1.10 bits per heavy atom. The van der Waals surface area contributed by atoms with Crippen LogP contribution in [0.15, 0.2) is 47.2 Å². The van der Waals surface area contributed by atoms with Gasteiger partial charge in [-0.05, 0) is 67.6 Å². The minimum Gasteiger partial charge on any atom is -0.344 e. The predicted octanol–water partition coefficient (Wildman–Crippen LogP) is 5.16. The first-order chi connectivity index (χ1) is 18.8. The van der Waals surface area contributed by atoms with E-state index in [0.717, 1.165) is 70.3 Å². The molecule has 1 amide bonds. The molecule has 1 fully saturated rings. The van der Waals surface area contributed by atoms with E-state index < -0.39 is 0 Å². The van der Waals surface area contributed by atoms with Crippen LogP contribution in [-0.2, 0) is 12.0 Å². The number of rotatable bonds is 5. The molecule has 9 heteroatoms. The first-order valence-corrected chi connectivity index (χ1v) is 13.5. The maximum atomic E-state index is 12.6. The van der Waals surface area contributed by atoms with Crippen molar-refractivity contribution in [2.24, 2.45) is 0 Å². The monoisotopic (exact) mass is 523 g/mol. The van der Waals surface area contributed by atoms with Crippen molar-refractivity contribution in [3.63, 3.8) is 0 Å². The number of aryl methyl sites for hydroxylation is 1. The molecule has 0 atom stereocenters. The second-order valence-corrected chi connectivity index (χ2v) is 11.4. The number of fused-ring (bicyclic) bond motifs is 3. The molecule has 39 heavy (non-hydrogen) atoms. The molecule has 0 aliphatic carbocycles. The molecule has 4 heterocycles. The van der Waals surface area contributed by atoms with Gasteiger partial charge in [-0.1, -0.05) is 50.2 Å². The fraction of sp³-hybridized carbons (Fsp3) is 0.367. The minimum absolute atomic E-state index is 0.0276. The van der Waals surface area contributed by atoms with Gasteiger partial charge in [-0.3, -0.25) is 4.79 Å². The fourth-order valence-corrected chi connectivity index (χ4v) is 5.29. The molecular formula is C30H33N7O2. The van der Waals surface area contributed by atoms with Gasteiger partial charge in [-0.2, -0.15) is 4.98 Å². The molecule has 3 aromatic heterocycles. The molecule has 2 aromatic carbocycles. The molecule has 1 saturated heterocycles. The molecule has 3 N–H and O–H groups in total. The van der Waals surface area contributed by atoms with Gasteiger partial charge >= 0.3 is 11.8 Å². The fourth-order valence-electron chi connectivity index (χ4n) is 5.29. The number of amides is 1. The largest absolute Gasteiger partial charge is 0.344 e. The lowest BCUT2D eigenvalue weighted by atomic mass is 9.89. The van der Waals surface area contributed by atoms with Crippen LogP contribution in [0.4, 0.5) is 0 Å². The highest BCUT2D eigenvalue weighted by Gasteiger charge is 2.24. The van der Waals surface area contributed by atoms with Crippen molar-refractivity contribution in [2.75, 3.05) is 13.1 Å². The number of benzene rings is 2. The summed E-state index contributed by atoms with van der Waals surface area (Å²) in [6.45, 7) is 10.4. The number of carbonyl (C=O) groups is 1. The summed E-state index contributed by atoms with van der Waals surface area (Å²) >= 11 is 0. The van der Waals surface area contributed by atoms with Crippen LogP contribution >= 0.6 is 0 Å². The van der Waals surface area contributed by atoms with Gasteiger partial charge in [0.15, 0.2) is 5.82 Å². The standard InChI is InChI=1S/C30H33N7O2/c1-17-13-20(5-6-21(17)15-32-27(38)28-36-29(37-39-28)30(2,3)4)25-24-22-8-7-19(18-9-11-31-12-10-18)14-23(22)35-26(24)34-16-33-25/h5-8,13-14,16,18,31H,9-12,15H2,1-4H3,(H,32,38)(H,33,34,35). The second-order valence-electron chi connectivity index (χ2n) is 11.4. The number of hydrogen-bond acceptors (Lipinski definition) is 7. The first-order valence-electron chi connectivity index (χ1n) is 13.5. The molecule has 0 spiro atoms. The average Bonchev–Trinajstić information content (AvgIpc) is 3.58. The average molecular weight is 524 g/mol. The van der Waals surface area contributed by atoms with Gasteiger partial charge in [0.1, 0.15) is 12.0 Å². The summed E-state index contributed by atoms with van der Waals surface area (Å²) in [5, 5.41) is 12.4. The zero-order valence-corrected chi connectivity index (χ0v) is 22.8. The Balaban J connectivity index is 1.25. The zero-order valence-electron chi connectivity index (χ0n) is 22.8. The van der Waals surface area contributed by atoms with Gasteiger partial charge in [0, 0.05) is 28.4 Å². The summed E-state index contributed by atoms with van der Waals surface area (Å²) in [5.41, 5.74) is 6.95. The summed E-state index contributed by atoms with van der Waals surface area (Å²) in [5.74, 6) is 0.676. The Labute approximate surface area is 226 Å². The third-order valence-corrected chi connectivity index (χ3v) is 7.57. The molecule has 0 radical (unpaired) electrons. The summed E-state index contributed by atoms with van der Waals surface area (Å²) in [7, 11) is 0. The maximum absolute atomic E-state index is 12.6. The zero-order chi connectivity index (χ0) is 27.1. The van der Waals surface area contributed by atoms with Gasteiger partial charge in [-0.25, -0.2) is 9.97 Å². The van der Waals surface area contributed by atoms with Crippen molar-refractivity contribution in [3.8, 4) is 11.3 Å². The summed E-state index contributed by atoms with van der Waals surface area (Å²) in [4.78, 5) is 29.6. The van der Waals surface area contributed by atoms with Crippen LogP contribution in [0.5, 0.6) is 0 Å². The van der Waals surface area contributed by atoms with Crippen LogP contribution < -0.4 is 10.6 Å². The van der Waals surface area contributed by atoms with Gasteiger partial charge in [-0.15, -0.1) is 0 Å². The lowest BCUT2D eigenvalue weighted by Crippen LogP contribution is -2.26. The van der Waals surface area contributed by atoms with Gasteiger partial charge in [0.05, 0.1) is 11.1 Å². The smallest absolute Gasteiger partial charge is 0.315 e.